The second kappa shape index (κ2) is 7.80. The first kappa shape index (κ1) is 19.9. The van der Waals surface area contributed by atoms with Gasteiger partial charge in [-0.3, -0.25) is 4.79 Å². The maximum atomic E-state index is 13.0. The van der Waals surface area contributed by atoms with Crippen molar-refractivity contribution in [2.24, 2.45) is 5.92 Å². The van der Waals surface area contributed by atoms with Gasteiger partial charge in [0.15, 0.2) is 0 Å². The van der Waals surface area contributed by atoms with Crippen LogP contribution in [0.2, 0.25) is 0 Å². The van der Waals surface area contributed by atoms with E-state index in [9.17, 15) is 13.2 Å². The fraction of sp³-hybridized carbons (Fsp3) is 0.409. The third-order valence-corrected chi connectivity index (χ3v) is 7.14. The van der Waals surface area contributed by atoms with Crippen LogP contribution in [0.15, 0.2) is 47.4 Å². The molecule has 4 rings (SSSR count). The second-order valence-electron chi connectivity index (χ2n) is 7.66. The molecular weight excluding hydrogens is 388 g/mol. The zero-order chi connectivity index (χ0) is 20.6. The Morgan fingerprint density at radius 3 is 2.55 bits per heavy atom. The summed E-state index contributed by atoms with van der Waals surface area (Å²) in [6, 6.07) is 12.1. The normalized spacial score (nSPS) is 17.1. The van der Waals surface area contributed by atoms with Gasteiger partial charge in [-0.25, -0.2) is 13.1 Å². The molecular formula is C22H26N2O4S. The molecule has 7 heteroatoms. The Morgan fingerprint density at radius 2 is 1.93 bits per heavy atom. The first-order valence-corrected chi connectivity index (χ1v) is 11.5. The number of amides is 1. The predicted molar refractivity (Wildman–Crippen MR) is 112 cm³/mol. The largest absolute Gasteiger partial charge is 0.497 e. The number of hydrogen-bond donors (Lipinski definition) is 1. The number of methoxy groups -OCH3 is 1. The van der Waals surface area contributed by atoms with Gasteiger partial charge in [0, 0.05) is 24.2 Å². The molecule has 1 aliphatic carbocycles. The van der Waals surface area contributed by atoms with E-state index < -0.39 is 10.0 Å². The van der Waals surface area contributed by atoms with Crippen LogP contribution in [-0.2, 0) is 21.2 Å². The molecule has 1 fully saturated rings. The molecule has 1 atom stereocenters. The molecule has 0 radical (unpaired) electrons. The fourth-order valence-corrected chi connectivity index (χ4v) is 5.16. The molecule has 0 saturated heterocycles. The van der Waals surface area contributed by atoms with E-state index in [1.54, 1.807) is 25.3 Å². The molecule has 2 aromatic rings. The van der Waals surface area contributed by atoms with Gasteiger partial charge in [-0.1, -0.05) is 19.1 Å². The van der Waals surface area contributed by atoms with Gasteiger partial charge < -0.3 is 9.64 Å². The maximum Gasteiger partial charge on any atom is 0.241 e. The van der Waals surface area contributed by atoms with Gasteiger partial charge in [0.2, 0.25) is 15.9 Å². The number of nitrogens with zero attached hydrogens (tertiary/aromatic N) is 1. The first-order chi connectivity index (χ1) is 13.9. The Bertz CT molecular complexity index is 1010. The lowest BCUT2D eigenvalue weighted by molar-refractivity contribution is -0.119. The SMILES string of the molecule is CC[C@@H](NS(=O)(=O)c1ccc2c(c1)CCN2C(=O)C1CC1)c1ccc(OC)cc1. The highest BCUT2D eigenvalue weighted by Crippen LogP contribution is 2.37. The van der Waals surface area contributed by atoms with E-state index in [4.69, 9.17) is 4.74 Å². The van der Waals surface area contributed by atoms with Crippen LogP contribution in [0, 0.1) is 5.92 Å². The molecule has 2 aliphatic rings. The van der Waals surface area contributed by atoms with E-state index in [-0.39, 0.29) is 22.8 Å². The minimum atomic E-state index is -3.68. The summed E-state index contributed by atoms with van der Waals surface area (Å²) >= 11 is 0. The van der Waals surface area contributed by atoms with Crippen molar-refractivity contribution in [3.63, 3.8) is 0 Å². The van der Waals surface area contributed by atoms with Crippen molar-refractivity contribution in [2.45, 2.75) is 43.5 Å². The highest BCUT2D eigenvalue weighted by molar-refractivity contribution is 7.89. The quantitative estimate of drug-likeness (QED) is 0.753. The molecule has 1 amide bonds. The van der Waals surface area contributed by atoms with Gasteiger partial charge in [-0.05, 0) is 67.1 Å². The topological polar surface area (TPSA) is 75.7 Å². The zero-order valence-electron chi connectivity index (χ0n) is 16.7. The average Bonchev–Trinajstić information content (AvgIpc) is 3.50. The summed E-state index contributed by atoms with van der Waals surface area (Å²) in [5, 5.41) is 0. The number of anilines is 1. The van der Waals surface area contributed by atoms with Crippen LogP contribution in [-0.4, -0.2) is 28.0 Å². The molecule has 0 unspecified atom stereocenters. The van der Waals surface area contributed by atoms with Crippen LogP contribution in [0.1, 0.15) is 43.4 Å². The van der Waals surface area contributed by atoms with Crippen LogP contribution >= 0.6 is 0 Å². The number of sulfonamides is 1. The van der Waals surface area contributed by atoms with Crippen LogP contribution in [0.3, 0.4) is 0 Å². The monoisotopic (exact) mass is 414 g/mol. The number of hydrogen-bond acceptors (Lipinski definition) is 4. The number of carbonyl (C=O) groups is 1. The van der Waals surface area contributed by atoms with Crippen molar-refractivity contribution in [3.8, 4) is 5.75 Å². The number of fused-ring (bicyclic) bond motifs is 1. The van der Waals surface area contributed by atoms with Crippen LogP contribution in [0.25, 0.3) is 0 Å². The van der Waals surface area contributed by atoms with Gasteiger partial charge in [0.05, 0.1) is 12.0 Å². The van der Waals surface area contributed by atoms with E-state index in [1.165, 1.54) is 0 Å². The molecule has 29 heavy (non-hydrogen) atoms. The molecule has 1 aliphatic heterocycles. The first-order valence-electron chi connectivity index (χ1n) is 10.0. The molecule has 1 saturated carbocycles. The minimum Gasteiger partial charge on any atom is -0.497 e. The van der Waals surface area contributed by atoms with Crippen LogP contribution < -0.4 is 14.4 Å². The lowest BCUT2D eigenvalue weighted by atomic mass is 10.1. The standard InChI is InChI=1S/C22H26N2O4S/c1-3-20(15-6-8-18(28-2)9-7-15)23-29(26,27)19-10-11-21-17(14-19)12-13-24(21)22(25)16-4-5-16/h6-11,14,16,20,23H,3-5,12-13H2,1-2H3/t20-/m1/s1. The number of ether oxygens (including phenoxy) is 1. The molecule has 0 bridgehead atoms. The minimum absolute atomic E-state index is 0.154. The molecule has 2 aromatic carbocycles. The summed E-state index contributed by atoms with van der Waals surface area (Å²) in [7, 11) is -2.08. The molecule has 1 heterocycles. The van der Waals surface area contributed by atoms with Crippen molar-refractivity contribution in [3.05, 3.63) is 53.6 Å². The molecule has 154 valence electrons. The van der Waals surface area contributed by atoms with E-state index in [0.29, 0.717) is 19.4 Å². The Balaban J connectivity index is 1.54. The molecule has 1 N–H and O–H groups in total. The summed E-state index contributed by atoms with van der Waals surface area (Å²) in [5.41, 5.74) is 2.65. The van der Waals surface area contributed by atoms with Crippen LogP contribution in [0.5, 0.6) is 5.75 Å². The van der Waals surface area contributed by atoms with Gasteiger partial charge in [0.1, 0.15) is 5.75 Å². The highest BCUT2D eigenvalue weighted by atomic mass is 32.2. The Kier molecular flexibility index (Phi) is 5.36. The lowest BCUT2D eigenvalue weighted by Gasteiger charge is -2.19. The second-order valence-corrected chi connectivity index (χ2v) is 9.37. The molecule has 0 spiro atoms. The van der Waals surface area contributed by atoms with Crippen molar-refractivity contribution < 1.29 is 17.9 Å². The van der Waals surface area contributed by atoms with Crippen molar-refractivity contribution in [1.29, 1.82) is 0 Å². The molecule has 6 nitrogen and oxygen atoms in total. The Morgan fingerprint density at radius 1 is 1.21 bits per heavy atom. The smallest absolute Gasteiger partial charge is 0.241 e. The zero-order valence-corrected chi connectivity index (χ0v) is 17.5. The van der Waals surface area contributed by atoms with Gasteiger partial charge in [-0.2, -0.15) is 0 Å². The number of carbonyl (C=O) groups excluding carboxylic acids is 1. The van der Waals surface area contributed by atoms with Crippen molar-refractivity contribution >= 4 is 21.6 Å². The van der Waals surface area contributed by atoms with Crippen molar-refractivity contribution in [2.75, 3.05) is 18.6 Å². The van der Waals surface area contributed by atoms with Gasteiger partial charge >= 0.3 is 0 Å². The maximum absolute atomic E-state index is 13.0. The summed E-state index contributed by atoms with van der Waals surface area (Å²) in [4.78, 5) is 14.5. The highest BCUT2D eigenvalue weighted by Gasteiger charge is 2.36. The lowest BCUT2D eigenvalue weighted by Crippen LogP contribution is -2.30. The van der Waals surface area contributed by atoms with E-state index in [1.807, 2.05) is 36.1 Å². The van der Waals surface area contributed by atoms with E-state index in [0.717, 1.165) is 35.4 Å². The third-order valence-electron chi connectivity index (χ3n) is 5.67. The van der Waals surface area contributed by atoms with Gasteiger partial charge in [-0.15, -0.1) is 0 Å². The summed E-state index contributed by atoms with van der Waals surface area (Å²) < 4.78 is 34.0. The predicted octanol–water partition coefficient (Wildman–Crippen LogP) is 3.42. The fourth-order valence-electron chi connectivity index (χ4n) is 3.80. The average molecular weight is 415 g/mol. The third kappa shape index (κ3) is 4.02. The van der Waals surface area contributed by atoms with E-state index in [2.05, 4.69) is 4.72 Å². The number of rotatable bonds is 7. The molecule has 0 aromatic heterocycles. The Labute approximate surface area is 171 Å². The van der Waals surface area contributed by atoms with E-state index >= 15 is 0 Å². The summed E-state index contributed by atoms with van der Waals surface area (Å²) in [6.07, 6.45) is 3.24. The number of benzene rings is 2. The Hall–Kier alpha value is -2.38. The summed E-state index contributed by atoms with van der Waals surface area (Å²) in [5.74, 6) is 1.05. The summed E-state index contributed by atoms with van der Waals surface area (Å²) in [6.45, 7) is 2.58. The van der Waals surface area contributed by atoms with Crippen LogP contribution in [0.4, 0.5) is 5.69 Å². The number of nitrogens with one attached hydrogen (secondary N) is 1. The van der Waals surface area contributed by atoms with Crippen molar-refractivity contribution in [1.82, 2.24) is 4.72 Å². The van der Waals surface area contributed by atoms with Gasteiger partial charge in [0.25, 0.3) is 0 Å².